The van der Waals surface area contributed by atoms with E-state index in [0.29, 0.717) is 0 Å². The largest absolute Gasteiger partial charge is 0.292 e. The van der Waals surface area contributed by atoms with Gasteiger partial charge in [-0.25, -0.2) is 29.0 Å². The first-order valence-electron chi connectivity index (χ1n) is 6.42. The number of aryl methyl sites for hydroxylation is 1. The Morgan fingerprint density at radius 3 is 2.33 bits per heavy atom. The summed E-state index contributed by atoms with van der Waals surface area (Å²) in [6.45, 7) is 2.25. The summed E-state index contributed by atoms with van der Waals surface area (Å²) in [4.78, 5) is 7.57. The molecule has 1 aromatic heterocycles. The highest BCUT2D eigenvalue weighted by Crippen LogP contribution is 2.12. The first kappa shape index (κ1) is 15.4. The van der Waals surface area contributed by atoms with E-state index in [2.05, 4.69) is 20.1 Å². The van der Waals surface area contributed by atoms with Crippen LogP contribution in [0.5, 0.6) is 0 Å². The number of rotatable bonds is 6. The van der Waals surface area contributed by atoms with Crippen LogP contribution in [-0.2, 0) is 23.0 Å². The van der Waals surface area contributed by atoms with E-state index in [-0.39, 0.29) is 17.4 Å². The quantitative estimate of drug-likeness (QED) is 0.538. The molecule has 8 heteroatoms. The third-order valence-electron chi connectivity index (χ3n) is 3.02. The molecule has 0 saturated heterocycles. The maximum atomic E-state index is 12.2. The van der Waals surface area contributed by atoms with Gasteiger partial charge in [-0.1, -0.05) is 31.2 Å². The SMILES string of the molecule is CCc1ccccc1CNS(=O)(=O)c1cnc(NN)nc1. The fraction of sp³-hybridized carbons (Fsp3) is 0.231. The minimum absolute atomic E-state index is 0.00419. The van der Waals surface area contributed by atoms with Gasteiger partial charge in [0.15, 0.2) is 0 Å². The molecule has 0 aliphatic carbocycles. The molecule has 0 amide bonds. The van der Waals surface area contributed by atoms with E-state index in [4.69, 9.17) is 5.84 Å². The zero-order valence-electron chi connectivity index (χ0n) is 11.6. The molecule has 0 bridgehead atoms. The molecule has 21 heavy (non-hydrogen) atoms. The molecule has 112 valence electrons. The molecule has 4 N–H and O–H groups in total. The Morgan fingerprint density at radius 1 is 1.14 bits per heavy atom. The molecular formula is C13H17N5O2S. The second kappa shape index (κ2) is 6.61. The van der Waals surface area contributed by atoms with Crippen LogP contribution in [0.4, 0.5) is 5.95 Å². The summed E-state index contributed by atoms with van der Waals surface area (Å²) in [7, 11) is -3.65. The first-order chi connectivity index (χ1) is 10.1. The average Bonchev–Trinajstić information content (AvgIpc) is 2.53. The van der Waals surface area contributed by atoms with Crippen molar-refractivity contribution >= 4 is 16.0 Å². The van der Waals surface area contributed by atoms with Gasteiger partial charge in [-0.3, -0.25) is 5.43 Å². The van der Waals surface area contributed by atoms with Crippen molar-refractivity contribution in [1.82, 2.24) is 14.7 Å². The Balaban J connectivity index is 2.13. The van der Waals surface area contributed by atoms with Crippen LogP contribution < -0.4 is 16.0 Å². The van der Waals surface area contributed by atoms with E-state index in [9.17, 15) is 8.42 Å². The molecule has 1 heterocycles. The second-order valence-electron chi connectivity index (χ2n) is 4.33. The zero-order chi connectivity index (χ0) is 15.3. The Labute approximate surface area is 123 Å². The predicted octanol–water partition coefficient (Wildman–Crippen LogP) is 0.803. The van der Waals surface area contributed by atoms with Crippen LogP contribution in [0.1, 0.15) is 18.1 Å². The second-order valence-corrected chi connectivity index (χ2v) is 6.10. The fourth-order valence-corrected chi connectivity index (χ4v) is 2.76. The predicted molar refractivity (Wildman–Crippen MR) is 79.7 cm³/mol. The van der Waals surface area contributed by atoms with Crippen LogP contribution in [0, 0.1) is 0 Å². The standard InChI is InChI=1S/C13H17N5O2S/c1-2-10-5-3-4-6-11(10)7-17-21(19,20)12-8-15-13(18-14)16-9-12/h3-6,8-9,17H,2,7,14H2,1H3,(H,15,16,18). The van der Waals surface area contributed by atoms with Crippen LogP contribution >= 0.6 is 0 Å². The number of nitrogens with zero attached hydrogens (tertiary/aromatic N) is 2. The van der Waals surface area contributed by atoms with Crippen LogP contribution in [0.3, 0.4) is 0 Å². The first-order valence-corrected chi connectivity index (χ1v) is 7.90. The number of benzene rings is 1. The summed E-state index contributed by atoms with van der Waals surface area (Å²) in [5, 5.41) is 0. The number of hydrazine groups is 1. The van der Waals surface area contributed by atoms with Crippen molar-refractivity contribution < 1.29 is 8.42 Å². The van der Waals surface area contributed by atoms with E-state index in [0.717, 1.165) is 17.5 Å². The van der Waals surface area contributed by atoms with Crippen molar-refractivity contribution in [3.05, 3.63) is 47.8 Å². The van der Waals surface area contributed by atoms with Crippen LogP contribution in [0.2, 0.25) is 0 Å². The van der Waals surface area contributed by atoms with Crippen LogP contribution in [0.15, 0.2) is 41.6 Å². The number of hydrogen-bond acceptors (Lipinski definition) is 6. The van der Waals surface area contributed by atoms with Crippen molar-refractivity contribution in [2.24, 2.45) is 5.84 Å². The van der Waals surface area contributed by atoms with Gasteiger partial charge in [0.1, 0.15) is 4.90 Å². The van der Waals surface area contributed by atoms with Gasteiger partial charge in [0.2, 0.25) is 16.0 Å². The van der Waals surface area contributed by atoms with Crippen molar-refractivity contribution in [1.29, 1.82) is 0 Å². The maximum Gasteiger partial charge on any atom is 0.243 e. The number of anilines is 1. The third kappa shape index (κ3) is 3.75. The highest BCUT2D eigenvalue weighted by atomic mass is 32.2. The molecule has 1 aromatic carbocycles. The minimum atomic E-state index is -3.65. The molecule has 0 atom stereocenters. The molecule has 0 aliphatic rings. The molecular weight excluding hydrogens is 290 g/mol. The number of aromatic nitrogens is 2. The van der Waals surface area contributed by atoms with E-state index in [1.807, 2.05) is 31.2 Å². The van der Waals surface area contributed by atoms with Gasteiger partial charge >= 0.3 is 0 Å². The van der Waals surface area contributed by atoms with Gasteiger partial charge in [-0.15, -0.1) is 0 Å². The number of nitrogen functional groups attached to an aromatic ring is 1. The minimum Gasteiger partial charge on any atom is -0.292 e. The van der Waals surface area contributed by atoms with Crippen molar-refractivity contribution in [2.45, 2.75) is 24.8 Å². The Bertz CT molecular complexity index is 701. The average molecular weight is 307 g/mol. The van der Waals surface area contributed by atoms with Crippen molar-refractivity contribution in [3.8, 4) is 0 Å². The van der Waals surface area contributed by atoms with E-state index >= 15 is 0 Å². The molecule has 0 aliphatic heterocycles. The lowest BCUT2D eigenvalue weighted by molar-refractivity contribution is 0.580. The van der Waals surface area contributed by atoms with Crippen molar-refractivity contribution in [3.63, 3.8) is 0 Å². The Morgan fingerprint density at radius 2 is 1.76 bits per heavy atom. The summed E-state index contributed by atoms with van der Waals surface area (Å²) in [6, 6.07) is 7.70. The number of sulfonamides is 1. The summed E-state index contributed by atoms with van der Waals surface area (Å²) >= 11 is 0. The molecule has 2 aromatic rings. The highest BCUT2D eigenvalue weighted by molar-refractivity contribution is 7.89. The van der Waals surface area contributed by atoms with Gasteiger partial charge in [0.25, 0.3) is 0 Å². The summed E-state index contributed by atoms with van der Waals surface area (Å²) < 4.78 is 26.9. The van der Waals surface area contributed by atoms with Gasteiger partial charge in [-0.2, -0.15) is 0 Å². The van der Waals surface area contributed by atoms with Crippen LogP contribution in [-0.4, -0.2) is 18.4 Å². The lowest BCUT2D eigenvalue weighted by atomic mass is 10.1. The monoisotopic (exact) mass is 307 g/mol. The zero-order valence-corrected chi connectivity index (χ0v) is 12.4. The molecule has 0 saturated carbocycles. The molecule has 0 spiro atoms. The molecule has 0 unspecified atom stereocenters. The third-order valence-corrected chi connectivity index (χ3v) is 4.38. The summed E-state index contributed by atoms with van der Waals surface area (Å²) in [6.07, 6.45) is 3.25. The maximum absolute atomic E-state index is 12.2. The lowest BCUT2D eigenvalue weighted by Gasteiger charge is -2.10. The van der Waals surface area contributed by atoms with Gasteiger partial charge in [0.05, 0.1) is 12.4 Å². The Hall–Kier alpha value is -2.03. The summed E-state index contributed by atoms with van der Waals surface area (Å²) in [5.41, 5.74) is 4.30. The molecule has 2 rings (SSSR count). The Kier molecular flexibility index (Phi) is 4.84. The van der Waals surface area contributed by atoms with Crippen LogP contribution in [0.25, 0.3) is 0 Å². The van der Waals surface area contributed by atoms with E-state index in [1.165, 1.54) is 12.4 Å². The van der Waals surface area contributed by atoms with Gasteiger partial charge < -0.3 is 0 Å². The molecule has 0 radical (unpaired) electrons. The smallest absolute Gasteiger partial charge is 0.243 e. The van der Waals surface area contributed by atoms with E-state index in [1.54, 1.807) is 0 Å². The molecule has 7 nitrogen and oxygen atoms in total. The number of nitrogens with one attached hydrogen (secondary N) is 2. The van der Waals surface area contributed by atoms with E-state index < -0.39 is 10.0 Å². The number of nitrogens with two attached hydrogens (primary N) is 1. The number of hydrogen-bond donors (Lipinski definition) is 3. The highest BCUT2D eigenvalue weighted by Gasteiger charge is 2.15. The van der Waals surface area contributed by atoms with Gasteiger partial charge in [0, 0.05) is 6.54 Å². The summed E-state index contributed by atoms with van der Waals surface area (Å²) in [5.74, 6) is 5.29. The lowest BCUT2D eigenvalue weighted by Crippen LogP contribution is -2.24. The van der Waals surface area contributed by atoms with Gasteiger partial charge in [-0.05, 0) is 17.5 Å². The fourth-order valence-electron chi connectivity index (χ4n) is 1.86. The molecule has 0 fully saturated rings. The van der Waals surface area contributed by atoms with Crippen molar-refractivity contribution in [2.75, 3.05) is 5.43 Å². The normalized spacial score (nSPS) is 11.3. The topological polar surface area (TPSA) is 110 Å².